The van der Waals surface area contributed by atoms with E-state index in [1.807, 2.05) is 0 Å². The molecule has 116 valence electrons. The first kappa shape index (κ1) is 15.7. The van der Waals surface area contributed by atoms with Gasteiger partial charge >= 0.3 is 6.18 Å². The molecule has 0 radical (unpaired) electrons. The summed E-state index contributed by atoms with van der Waals surface area (Å²) >= 11 is 0. The van der Waals surface area contributed by atoms with Crippen LogP contribution in [0.25, 0.3) is 0 Å². The first-order valence-electron chi connectivity index (χ1n) is 6.93. The van der Waals surface area contributed by atoms with E-state index in [1.165, 1.54) is 12.1 Å². The summed E-state index contributed by atoms with van der Waals surface area (Å²) in [6, 6.07) is 4.22. The van der Waals surface area contributed by atoms with Gasteiger partial charge in [-0.3, -0.25) is 4.79 Å². The third kappa shape index (κ3) is 3.89. The summed E-state index contributed by atoms with van der Waals surface area (Å²) in [6.45, 7) is 2.15. The zero-order chi connectivity index (χ0) is 15.8. The van der Waals surface area contributed by atoms with Crippen LogP contribution < -0.4 is 5.73 Å². The van der Waals surface area contributed by atoms with E-state index in [1.54, 1.807) is 19.9 Å². The van der Waals surface area contributed by atoms with E-state index < -0.39 is 24.7 Å². The lowest BCUT2D eigenvalue weighted by Crippen LogP contribution is -2.45. The molecule has 1 aliphatic carbocycles. The van der Waals surface area contributed by atoms with Gasteiger partial charge in [-0.05, 0) is 56.4 Å². The molecule has 2 rings (SSSR count). The fourth-order valence-electron chi connectivity index (χ4n) is 2.51. The maximum Gasteiger partial charge on any atom is 0.406 e. The Morgan fingerprint density at radius 3 is 2.52 bits per heavy atom. The SMILES string of the molecule is Cc1cc(N)ccc1C(=O)N(CC(F)(F)F)C(C)C1CC1. The molecule has 1 unspecified atom stereocenters. The molecule has 3 nitrogen and oxygen atoms in total. The Labute approximate surface area is 121 Å². The number of nitrogens with zero attached hydrogens (tertiary/aromatic N) is 1. The standard InChI is InChI=1S/C15H19F3N2O/c1-9-7-12(19)5-6-13(9)14(21)20(8-15(16,17)18)10(2)11-3-4-11/h5-7,10-11H,3-4,8,19H2,1-2H3. The van der Waals surface area contributed by atoms with E-state index in [-0.39, 0.29) is 11.5 Å². The van der Waals surface area contributed by atoms with Gasteiger partial charge in [0.25, 0.3) is 5.91 Å². The fraction of sp³-hybridized carbons (Fsp3) is 0.533. The molecule has 0 aliphatic heterocycles. The molecule has 1 fully saturated rings. The van der Waals surface area contributed by atoms with Crippen molar-refractivity contribution in [2.24, 2.45) is 5.92 Å². The van der Waals surface area contributed by atoms with E-state index in [4.69, 9.17) is 5.73 Å². The second-order valence-corrected chi connectivity index (χ2v) is 5.70. The Hall–Kier alpha value is -1.72. The van der Waals surface area contributed by atoms with Crippen molar-refractivity contribution in [1.82, 2.24) is 4.90 Å². The summed E-state index contributed by atoms with van der Waals surface area (Å²) in [5, 5.41) is 0. The van der Waals surface area contributed by atoms with Crippen molar-refractivity contribution in [3.8, 4) is 0 Å². The Bertz CT molecular complexity index is 538. The van der Waals surface area contributed by atoms with Gasteiger partial charge in [0.15, 0.2) is 0 Å². The number of halogens is 3. The molecular formula is C15H19F3N2O. The van der Waals surface area contributed by atoms with Gasteiger partial charge in [-0.2, -0.15) is 13.2 Å². The number of amides is 1. The first-order valence-corrected chi connectivity index (χ1v) is 6.93. The molecule has 1 aliphatic rings. The normalized spacial score (nSPS) is 16.6. The van der Waals surface area contributed by atoms with Gasteiger partial charge in [0.2, 0.25) is 0 Å². The molecular weight excluding hydrogens is 281 g/mol. The van der Waals surface area contributed by atoms with E-state index in [0.717, 1.165) is 17.7 Å². The highest BCUT2D eigenvalue weighted by Crippen LogP contribution is 2.37. The first-order chi connectivity index (χ1) is 9.69. The van der Waals surface area contributed by atoms with Gasteiger partial charge in [-0.1, -0.05) is 0 Å². The third-order valence-electron chi connectivity index (χ3n) is 3.89. The summed E-state index contributed by atoms with van der Waals surface area (Å²) in [4.78, 5) is 13.5. The zero-order valence-electron chi connectivity index (χ0n) is 12.1. The second-order valence-electron chi connectivity index (χ2n) is 5.70. The number of benzene rings is 1. The zero-order valence-corrected chi connectivity index (χ0v) is 12.1. The number of alkyl halides is 3. The van der Waals surface area contributed by atoms with Crippen LogP contribution in [0.4, 0.5) is 18.9 Å². The summed E-state index contributed by atoms with van der Waals surface area (Å²) in [7, 11) is 0. The molecule has 0 saturated heterocycles. The van der Waals surface area contributed by atoms with Crippen LogP contribution in [0.5, 0.6) is 0 Å². The minimum absolute atomic E-state index is 0.172. The van der Waals surface area contributed by atoms with E-state index in [0.29, 0.717) is 11.3 Å². The van der Waals surface area contributed by atoms with Crippen LogP contribution in [0.1, 0.15) is 35.7 Å². The van der Waals surface area contributed by atoms with Gasteiger partial charge in [-0.25, -0.2) is 0 Å². The highest BCUT2D eigenvalue weighted by atomic mass is 19.4. The Kier molecular flexibility index (Phi) is 4.16. The highest BCUT2D eigenvalue weighted by molar-refractivity contribution is 5.96. The number of nitrogen functional groups attached to an aromatic ring is 1. The van der Waals surface area contributed by atoms with Crippen molar-refractivity contribution < 1.29 is 18.0 Å². The van der Waals surface area contributed by atoms with Gasteiger partial charge < -0.3 is 10.6 Å². The molecule has 0 heterocycles. The number of carbonyl (C=O) groups is 1. The maximum atomic E-state index is 12.8. The molecule has 1 atom stereocenters. The van der Waals surface area contributed by atoms with E-state index in [9.17, 15) is 18.0 Å². The summed E-state index contributed by atoms with van der Waals surface area (Å²) in [5.74, 6) is -0.408. The monoisotopic (exact) mass is 300 g/mol. The van der Waals surface area contributed by atoms with Gasteiger partial charge in [-0.15, -0.1) is 0 Å². The summed E-state index contributed by atoms with van der Waals surface area (Å²) < 4.78 is 38.3. The molecule has 1 aromatic carbocycles. The number of nitrogens with two attached hydrogens (primary N) is 1. The van der Waals surface area contributed by atoms with Crippen LogP contribution in [-0.4, -0.2) is 29.6 Å². The van der Waals surface area contributed by atoms with E-state index >= 15 is 0 Å². The molecule has 6 heteroatoms. The van der Waals surface area contributed by atoms with Crippen LogP contribution in [0, 0.1) is 12.8 Å². The number of aryl methyl sites for hydroxylation is 1. The molecule has 1 saturated carbocycles. The minimum atomic E-state index is -4.40. The number of hydrogen-bond acceptors (Lipinski definition) is 2. The quantitative estimate of drug-likeness (QED) is 0.866. The average molecular weight is 300 g/mol. The maximum absolute atomic E-state index is 12.8. The molecule has 1 aromatic rings. The van der Waals surface area contributed by atoms with Crippen LogP contribution in [0.2, 0.25) is 0 Å². The van der Waals surface area contributed by atoms with Crippen molar-refractivity contribution in [2.75, 3.05) is 12.3 Å². The number of anilines is 1. The molecule has 21 heavy (non-hydrogen) atoms. The molecule has 2 N–H and O–H groups in total. The molecule has 0 spiro atoms. The van der Waals surface area contributed by atoms with Gasteiger partial charge in [0.1, 0.15) is 6.54 Å². The van der Waals surface area contributed by atoms with Crippen molar-refractivity contribution in [2.45, 2.75) is 38.9 Å². The van der Waals surface area contributed by atoms with Crippen molar-refractivity contribution >= 4 is 11.6 Å². The number of carbonyl (C=O) groups excluding carboxylic acids is 1. The number of hydrogen-bond donors (Lipinski definition) is 1. The molecule has 0 bridgehead atoms. The molecule has 1 amide bonds. The van der Waals surface area contributed by atoms with Crippen LogP contribution >= 0.6 is 0 Å². The second kappa shape index (κ2) is 5.58. The highest BCUT2D eigenvalue weighted by Gasteiger charge is 2.40. The van der Waals surface area contributed by atoms with Crippen molar-refractivity contribution in [3.63, 3.8) is 0 Å². The van der Waals surface area contributed by atoms with Crippen molar-refractivity contribution in [1.29, 1.82) is 0 Å². The fourth-order valence-corrected chi connectivity index (χ4v) is 2.51. The largest absolute Gasteiger partial charge is 0.406 e. The van der Waals surface area contributed by atoms with Gasteiger partial charge in [0, 0.05) is 17.3 Å². The topological polar surface area (TPSA) is 46.3 Å². The van der Waals surface area contributed by atoms with E-state index in [2.05, 4.69) is 0 Å². The third-order valence-corrected chi connectivity index (χ3v) is 3.89. The lowest BCUT2D eigenvalue weighted by atomic mass is 10.0. The smallest absolute Gasteiger partial charge is 0.399 e. The predicted octanol–water partition coefficient (Wildman–Crippen LogP) is 3.38. The minimum Gasteiger partial charge on any atom is -0.399 e. The summed E-state index contributed by atoms with van der Waals surface area (Å²) in [6.07, 6.45) is -2.65. The predicted molar refractivity (Wildman–Crippen MR) is 74.9 cm³/mol. The Morgan fingerprint density at radius 1 is 1.43 bits per heavy atom. The van der Waals surface area contributed by atoms with Crippen molar-refractivity contribution in [3.05, 3.63) is 29.3 Å². The Morgan fingerprint density at radius 2 is 2.05 bits per heavy atom. The average Bonchev–Trinajstić information content (AvgIpc) is 3.17. The Balaban J connectivity index is 2.28. The lowest BCUT2D eigenvalue weighted by molar-refractivity contribution is -0.144. The summed E-state index contributed by atoms with van der Waals surface area (Å²) in [5.41, 5.74) is 6.98. The van der Waals surface area contributed by atoms with Crippen LogP contribution in [-0.2, 0) is 0 Å². The lowest BCUT2D eigenvalue weighted by Gasteiger charge is -2.30. The van der Waals surface area contributed by atoms with Crippen LogP contribution in [0.15, 0.2) is 18.2 Å². The van der Waals surface area contributed by atoms with Gasteiger partial charge in [0.05, 0.1) is 0 Å². The number of rotatable bonds is 4. The molecule has 0 aromatic heterocycles. The van der Waals surface area contributed by atoms with Crippen LogP contribution in [0.3, 0.4) is 0 Å².